The first-order chi connectivity index (χ1) is 8.30. The lowest BCUT2D eigenvalue weighted by atomic mass is 10.2. The Morgan fingerprint density at radius 3 is 2.39 bits per heavy atom. The molecule has 1 N–H and O–H groups in total. The van der Waals surface area contributed by atoms with E-state index in [1.165, 1.54) is 6.92 Å². The first-order valence-electron chi connectivity index (χ1n) is 5.73. The second-order valence-electron chi connectivity index (χ2n) is 4.17. The Bertz CT molecular complexity index is 517. The van der Waals surface area contributed by atoms with Crippen LogP contribution in [0.15, 0.2) is 23.1 Å². The normalized spacial score (nSPS) is 15.4. The minimum absolute atomic E-state index is 0.315. The van der Waals surface area contributed by atoms with E-state index in [9.17, 15) is 17.2 Å². The van der Waals surface area contributed by atoms with Crippen LogP contribution >= 0.6 is 0 Å². The number of nitrogens with one attached hydrogen (secondary N) is 1. The number of hydrogen-bond donors (Lipinski definition) is 1. The molecule has 0 spiro atoms. The molecule has 3 nitrogen and oxygen atoms in total. The molecule has 1 aromatic rings. The molecule has 0 aliphatic heterocycles. The number of benzene rings is 1. The van der Waals surface area contributed by atoms with Crippen LogP contribution in [0.3, 0.4) is 0 Å². The van der Waals surface area contributed by atoms with Gasteiger partial charge >= 0.3 is 0 Å². The molecule has 0 aromatic heterocycles. The van der Waals surface area contributed by atoms with E-state index < -0.39 is 31.6 Å². The zero-order valence-electron chi connectivity index (χ0n) is 10.6. The smallest absolute Gasteiger partial charge is 0.185 e. The molecule has 0 radical (unpaired) electrons. The molecule has 0 heterocycles. The van der Waals surface area contributed by atoms with E-state index in [-0.39, 0.29) is 6.04 Å². The van der Waals surface area contributed by atoms with Crippen LogP contribution in [0, 0.1) is 11.6 Å². The lowest BCUT2D eigenvalue weighted by Crippen LogP contribution is -2.40. The Morgan fingerprint density at radius 1 is 1.28 bits per heavy atom. The first kappa shape index (κ1) is 15.0. The van der Waals surface area contributed by atoms with Gasteiger partial charge in [0.1, 0.15) is 16.5 Å². The molecule has 6 heteroatoms. The Hall–Kier alpha value is -1.01. The summed E-state index contributed by atoms with van der Waals surface area (Å²) in [5.41, 5.74) is 0. The Kier molecular flexibility index (Phi) is 4.81. The van der Waals surface area contributed by atoms with Crippen LogP contribution in [0.5, 0.6) is 0 Å². The first-order valence-corrected chi connectivity index (χ1v) is 7.27. The van der Waals surface area contributed by atoms with Crippen molar-refractivity contribution in [2.75, 3.05) is 6.54 Å². The molecule has 0 aliphatic carbocycles. The lowest BCUT2D eigenvalue weighted by molar-refractivity contribution is 0.510. The van der Waals surface area contributed by atoms with E-state index in [4.69, 9.17) is 0 Å². The monoisotopic (exact) mass is 277 g/mol. The van der Waals surface area contributed by atoms with Crippen LogP contribution in [0.4, 0.5) is 8.78 Å². The fraction of sp³-hybridized carbons (Fsp3) is 0.500. The number of hydrogen-bond acceptors (Lipinski definition) is 3. The molecule has 0 saturated carbocycles. The third-order valence-electron chi connectivity index (χ3n) is 2.92. The maximum absolute atomic E-state index is 13.5. The largest absolute Gasteiger partial charge is 0.313 e. The van der Waals surface area contributed by atoms with Gasteiger partial charge < -0.3 is 5.32 Å². The molecule has 1 aromatic carbocycles. The Morgan fingerprint density at radius 2 is 1.89 bits per heavy atom. The van der Waals surface area contributed by atoms with Crippen LogP contribution < -0.4 is 5.32 Å². The van der Waals surface area contributed by atoms with Gasteiger partial charge in [-0.3, -0.25) is 0 Å². The molecule has 1 rings (SSSR count). The van der Waals surface area contributed by atoms with Gasteiger partial charge in [0.05, 0.1) is 5.25 Å². The van der Waals surface area contributed by atoms with Crippen molar-refractivity contribution in [2.24, 2.45) is 0 Å². The van der Waals surface area contributed by atoms with Crippen molar-refractivity contribution in [3.8, 4) is 0 Å². The second kappa shape index (κ2) is 5.75. The van der Waals surface area contributed by atoms with Gasteiger partial charge in [0.25, 0.3) is 0 Å². The molecule has 0 fully saturated rings. The summed E-state index contributed by atoms with van der Waals surface area (Å²) in [6.45, 7) is 5.69. The lowest BCUT2D eigenvalue weighted by Gasteiger charge is -2.21. The van der Waals surface area contributed by atoms with Crippen molar-refractivity contribution >= 4 is 9.84 Å². The summed E-state index contributed by atoms with van der Waals surface area (Å²) >= 11 is 0. The van der Waals surface area contributed by atoms with Crippen molar-refractivity contribution in [2.45, 2.75) is 37.0 Å². The average molecular weight is 277 g/mol. The molecule has 0 saturated heterocycles. The average Bonchev–Trinajstić information content (AvgIpc) is 2.27. The maximum Gasteiger partial charge on any atom is 0.185 e. The van der Waals surface area contributed by atoms with Crippen LogP contribution in [0.25, 0.3) is 0 Å². The third kappa shape index (κ3) is 3.05. The summed E-state index contributed by atoms with van der Waals surface area (Å²) in [7, 11) is -3.81. The van der Waals surface area contributed by atoms with Gasteiger partial charge in [-0.1, -0.05) is 6.92 Å². The zero-order valence-corrected chi connectivity index (χ0v) is 11.4. The highest BCUT2D eigenvalue weighted by Crippen LogP contribution is 2.22. The van der Waals surface area contributed by atoms with E-state index in [2.05, 4.69) is 5.32 Å². The third-order valence-corrected chi connectivity index (χ3v) is 5.25. The van der Waals surface area contributed by atoms with Gasteiger partial charge in [0.15, 0.2) is 9.84 Å². The van der Waals surface area contributed by atoms with E-state index >= 15 is 0 Å². The summed E-state index contributed by atoms with van der Waals surface area (Å²) in [6, 6.07) is 2.18. The van der Waals surface area contributed by atoms with Crippen LogP contribution in [0.1, 0.15) is 20.8 Å². The van der Waals surface area contributed by atoms with Gasteiger partial charge in [-0.25, -0.2) is 17.2 Å². The van der Waals surface area contributed by atoms with Crippen LogP contribution in [-0.4, -0.2) is 26.3 Å². The maximum atomic E-state index is 13.5. The summed E-state index contributed by atoms with van der Waals surface area (Å²) in [6.07, 6.45) is 0. The molecule has 102 valence electrons. The summed E-state index contributed by atoms with van der Waals surface area (Å²) < 4.78 is 50.6. The second-order valence-corrected chi connectivity index (χ2v) is 6.44. The van der Waals surface area contributed by atoms with Crippen molar-refractivity contribution in [3.63, 3.8) is 0 Å². The molecular formula is C12H17F2NO2S. The van der Waals surface area contributed by atoms with Gasteiger partial charge in [-0.15, -0.1) is 0 Å². The minimum atomic E-state index is -3.81. The molecule has 2 atom stereocenters. The van der Waals surface area contributed by atoms with E-state index in [1.54, 1.807) is 6.92 Å². The number of halogens is 2. The van der Waals surface area contributed by atoms with E-state index in [1.807, 2.05) is 6.92 Å². The van der Waals surface area contributed by atoms with Crippen molar-refractivity contribution < 1.29 is 17.2 Å². The molecular weight excluding hydrogens is 260 g/mol. The predicted octanol–water partition coefficient (Wildman–Crippen LogP) is 2.12. The zero-order chi connectivity index (χ0) is 13.9. The summed E-state index contributed by atoms with van der Waals surface area (Å²) in [5, 5.41) is 2.18. The quantitative estimate of drug-likeness (QED) is 0.839. The van der Waals surface area contributed by atoms with Crippen molar-refractivity contribution in [1.29, 1.82) is 0 Å². The van der Waals surface area contributed by atoms with Crippen molar-refractivity contribution in [1.82, 2.24) is 5.32 Å². The summed E-state index contributed by atoms with van der Waals surface area (Å²) in [4.78, 5) is -0.457. The molecule has 0 amide bonds. The number of rotatable bonds is 5. The highest BCUT2D eigenvalue weighted by Gasteiger charge is 2.30. The fourth-order valence-corrected chi connectivity index (χ4v) is 3.29. The van der Waals surface area contributed by atoms with Crippen LogP contribution in [-0.2, 0) is 9.84 Å². The molecule has 18 heavy (non-hydrogen) atoms. The van der Waals surface area contributed by atoms with Gasteiger partial charge in [0.2, 0.25) is 0 Å². The van der Waals surface area contributed by atoms with Gasteiger partial charge in [-0.2, -0.15) is 0 Å². The minimum Gasteiger partial charge on any atom is -0.313 e. The Labute approximate surface area is 106 Å². The fourth-order valence-electron chi connectivity index (χ4n) is 1.66. The standard InChI is InChI=1S/C12H17F2NO2S/c1-4-15-8(2)9(3)18(16,17)12-6-5-10(13)7-11(12)14/h5-9,15H,4H2,1-3H3. The topological polar surface area (TPSA) is 46.2 Å². The van der Waals surface area contributed by atoms with Gasteiger partial charge in [0, 0.05) is 12.1 Å². The highest BCUT2D eigenvalue weighted by molar-refractivity contribution is 7.92. The van der Waals surface area contributed by atoms with Crippen LogP contribution in [0.2, 0.25) is 0 Å². The molecule has 2 unspecified atom stereocenters. The van der Waals surface area contributed by atoms with E-state index in [0.717, 1.165) is 12.1 Å². The SMILES string of the molecule is CCNC(C)C(C)S(=O)(=O)c1ccc(F)cc1F. The number of sulfone groups is 1. The van der Waals surface area contributed by atoms with E-state index in [0.29, 0.717) is 12.6 Å². The predicted molar refractivity (Wildman–Crippen MR) is 66.1 cm³/mol. The van der Waals surface area contributed by atoms with Crippen molar-refractivity contribution in [3.05, 3.63) is 29.8 Å². The summed E-state index contributed by atoms with van der Waals surface area (Å²) in [5.74, 6) is -1.84. The van der Waals surface area contributed by atoms with Gasteiger partial charge in [-0.05, 0) is 32.5 Å². The Balaban J connectivity index is 3.13. The molecule has 0 bridgehead atoms. The highest BCUT2D eigenvalue weighted by atomic mass is 32.2. The molecule has 0 aliphatic rings.